The van der Waals surface area contributed by atoms with Gasteiger partial charge in [0.1, 0.15) is 36.4 Å². The van der Waals surface area contributed by atoms with Gasteiger partial charge in [0.15, 0.2) is 12.0 Å². The standard InChI is InChI=1S/C33H36FN9O5/c1-20-29(39-33(45)47-20)31(44)43-9-8-28(26(34)16-43)48-27-7-2-21(14-22(27)15-35)30-36-19-37-32(40-30)38-23-3-5-24(6-4-23)41-10-12-42(13-11-41)25-17-46-18-25/h2-7,14,19-20,25-26,28-29H,8-13,16-18H2,1H3,(H,39,45)(H,36,37,38,40)/t20-,26+,28+,29+/m1/s1. The third kappa shape index (κ3) is 6.67. The van der Waals surface area contributed by atoms with Gasteiger partial charge >= 0.3 is 6.09 Å². The number of nitrogens with zero attached hydrogens (tertiary/aromatic N) is 7. The topological polar surface area (TPSA) is 158 Å². The molecule has 7 rings (SSSR count). The Labute approximate surface area is 276 Å². The largest absolute Gasteiger partial charge is 0.486 e. The molecule has 2 amide bonds. The summed E-state index contributed by atoms with van der Waals surface area (Å²) in [7, 11) is 0. The SMILES string of the molecule is C[C@H]1OC(=O)N[C@@H]1C(=O)N1CC[C@H](Oc2ccc(-c3ncnc(Nc4ccc(N5CCN(C6COC6)CC5)cc4)n3)cc2C#N)[C@@H](F)C1. The third-order valence-corrected chi connectivity index (χ3v) is 9.24. The van der Waals surface area contributed by atoms with E-state index in [1.807, 2.05) is 12.1 Å². The molecule has 0 saturated carbocycles. The molecule has 4 aliphatic rings. The number of carbonyl (C=O) groups is 2. The molecule has 0 aliphatic carbocycles. The lowest BCUT2D eigenvalue weighted by Crippen LogP contribution is -2.56. The van der Waals surface area contributed by atoms with Crippen molar-refractivity contribution in [1.29, 1.82) is 5.26 Å². The van der Waals surface area contributed by atoms with Crippen molar-refractivity contribution in [3.8, 4) is 23.2 Å². The van der Waals surface area contributed by atoms with Crippen LogP contribution in [-0.2, 0) is 14.3 Å². The molecule has 4 aliphatic heterocycles. The van der Waals surface area contributed by atoms with E-state index in [1.54, 1.807) is 25.1 Å². The number of piperidine rings is 1. The molecule has 0 spiro atoms. The van der Waals surface area contributed by atoms with Crippen molar-refractivity contribution in [2.45, 2.75) is 43.8 Å². The zero-order valence-electron chi connectivity index (χ0n) is 26.4. The summed E-state index contributed by atoms with van der Waals surface area (Å²) >= 11 is 0. The molecule has 14 nitrogen and oxygen atoms in total. The molecule has 0 unspecified atom stereocenters. The van der Waals surface area contributed by atoms with Gasteiger partial charge in [0.25, 0.3) is 0 Å². The first-order chi connectivity index (χ1) is 23.3. The Morgan fingerprint density at radius 1 is 1.10 bits per heavy atom. The Balaban J connectivity index is 0.956. The first-order valence-electron chi connectivity index (χ1n) is 16.1. The number of piperazine rings is 1. The number of hydrogen-bond acceptors (Lipinski definition) is 12. The summed E-state index contributed by atoms with van der Waals surface area (Å²) in [6, 6.07) is 14.9. The second kappa shape index (κ2) is 13.6. The van der Waals surface area contributed by atoms with Crippen LogP contribution in [0.4, 0.5) is 26.5 Å². The number of amides is 2. The fraction of sp³-hybridized carbons (Fsp3) is 0.455. The van der Waals surface area contributed by atoms with Crippen molar-refractivity contribution in [2.75, 3.05) is 62.7 Å². The second-order valence-corrected chi connectivity index (χ2v) is 12.3. The van der Waals surface area contributed by atoms with Crippen LogP contribution in [0.15, 0.2) is 48.8 Å². The molecule has 2 aromatic carbocycles. The zero-order valence-corrected chi connectivity index (χ0v) is 26.4. The van der Waals surface area contributed by atoms with Crippen molar-refractivity contribution in [2.24, 2.45) is 0 Å². The molecular formula is C33H36FN9O5. The van der Waals surface area contributed by atoms with Gasteiger partial charge in [0.2, 0.25) is 11.9 Å². The average Bonchev–Trinajstić information content (AvgIpc) is 3.42. The number of alkyl carbamates (subject to hydrolysis) is 1. The fourth-order valence-electron chi connectivity index (χ4n) is 6.37. The molecule has 0 bridgehead atoms. The number of nitrogens with one attached hydrogen (secondary N) is 2. The summed E-state index contributed by atoms with van der Waals surface area (Å²) in [5.74, 6) is 0.533. The molecule has 1 aromatic heterocycles. The Bertz CT molecular complexity index is 1690. The molecule has 4 fully saturated rings. The number of cyclic esters (lactones) is 1. The van der Waals surface area contributed by atoms with Crippen LogP contribution in [0, 0.1) is 11.3 Å². The smallest absolute Gasteiger partial charge is 0.408 e. The molecule has 4 saturated heterocycles. The Hall–Kier alpha value is -5.07. The van der Waals surface area contributed by atoms with Gasteiger partial charge in [0.05, 0.1) is 31.4 Å². The lowest BCUT2D eigenvalue weighted by atomic mass is 10.0. The number of benzene rings is 2. The average molecular weight is 658 g/mol. The number of anilines is 3. The van der Waals surface area contributed by atoms with Crippen molar-refractivity contribution in [3.05, 3.63) is 54.4 Å². The second-order valence-electron chi connectivity index (χ2n) is 12.3. The normalized spacial score (nSPS) is 24.6. The first-order valence-corrected chi connectivity index (χ1v) is 16.1. The molecule has 0 radical (unpaired) electrons. The van der Waals surface area contributed by atoms with Gasteiger partial charge in [-0.05, 0) is 49.4 Å². The van der Waals surface area contributed by atoms with E-state index in [0.29, 0.717) is 23.4 Å². The highest BCUT2D eigenvalue weighted by Gasteiger charge is 2.42. The maximum Gasteiger partial charge on any atom is 0.408 e. The summed E-state index contributed by atoms with van der Waals surface area (Å²) in [5, 5.41) is 15.6. The highest BCUT2D eigenvalue weighted by molar-refractivity contribution is 5.88. The van der Waals surface area contributed by atoms with E-state index >= 15 is 4.39 Å². The van der Waals surface area contributed by atoms with E-state index in [-0.39, 0.29) is 30.8 Å². The quantitative estimate of drug-likeness (QED) is 0.365. The van der Waals surface area contributed by atoms with E-state index in [9.17, 15) is 14.9 Å². The van der Waals surface area contributed by atoms with Crippen LogP contribution >= 0.6 is 0 Å². The van der Waals surface area contributed by atoms with Crippen molar-refractivity contribution in [3.63, 3.8) is 0 Å². The van der Waals surface area contributed by atoms with Crippen LogP contribution < -0.4 is 20.3 Å². The number of rotatable bonds is 8. The van der Waals surface area contributed by atoms with E-state index in [2.05, 4.69) is 53.6 Å². The molecule has 250 valence electrons. The molecular weight excluding hydrogens is 621 g/mol. The van der Waals surface area contributed by atoms with Gasteiger partial charge in [-0.3, -0.25) is 9.69 Å². The van der Waals surface area contributed by atoms with Crippen molar-refractivity contribution >= 4 is 29.3 Å². The van der Waals surface area contributed by atoms with Gasteiger partial charge < -0.3 is 34.6 Å². The number of ether oxygens (including phenoxy) is 3. The predicted octanol–water partition coefficient (Wildman–Crippen LogP) is 2.49. The van der Waals surface area contributed by atoms with E-state index in [4.69, 9.17) is 14.2 Å². The Morgan fingerprint density at radius 3 is 2.56 bits per heavy atom. The third-order valence-electron chi connectivity index (χ3n) is 9.24. The minimum absolute atomic E-state index is 0.195. The molecule has 5 heterocycles. The molecule has 3 aromatic rings. The number of alkyl halides is 1. The van der Waals surface area contributed by atoms with Crippen LogP contribution in [0.3, 0.4) is 0 Å². The summed E-state index contributed by atoms with van der Waals surface area (Å²) in [6.45, 7) is 7.33. The van der Waals surface area contributed by atoms with Gasteiger partial charge in [-0.25, -0.2) is 19.2 Å². The molecule has 4 atom stereocenters. The predicted molar refractivity (Wildman–Crippen MR) is 171 cm³/mol. The highest BCUT2D eigenvalue weighted by Crippen LogP contribution is 2.29. The van der Waals surface area contributed by atoms with Gasteiger partial charge in [-0.2, -0.15) is 10.2 Å². The molecule has 48 heavy (non-hydrogen) atoms. The summed E-state index contributed by atoms with van der Waals surface area (Å²) in [6.07, 6.45) is -2.04. The minimum Gasteiger partial charge on any atom is -0.486 e. The maximum atomic E-state index is 15.2. The summed E-state index contributed by atoms with van der Waals surface area (Å²) < 4.78 is 31.5. The Kier molecular flexibility index (Phi) is 8.92. The first kappa shape index (κ1) is 31.5. The van der Waals surface area contributed by atoms with Gasteiger partial charge in [-0.1, -0.05) is 0 Å². The number of aromatic nitrogens is 3. The number of likely N-dealkylation sites (tertiary alicyclic amines) is 1. The minimum atomic E-state index is -1.49. The fourth-order valence-corrected chi connectivity index (χ4v) is 6.37. The van der Waals surface area contributed by atoms with E-state index in [0.717, 1.165) is 50.8 Å². The number of carbonyl (C=O) groups excluding carboxylic acids is 2. The number of halogens is 1. The highest BCUT2D eigenvalue weighted by atomic mass is 19.1. The number of nitriles is 1. The molecule has 2 N–H and O–H groups in total. The van der Waals surface area contributed by atoms with Crippen molar-refractivity contribution < 1.29 is 28.2 Å². The maximum absolute atomic E-state index is 15.2. The van der Waals surface area contributed by atoms with E-state index < -0.39 is 36.4 Å². The summed E-state index contributed by atoms with van der Waals surface area (Å²) in [4.78, 5) is 43.7. The molecule has 15 heteroatoms. The monoisotopic (exact) mass is 657 g/mol. The Morgan fingerprint density at radius 2 is 1.90 bits per heavy atom. The van der Waals surface area contributed by atoms with Gasteiger partial charge in [0, 0.05) is 56.1 Å². The lowest BCUT2D eigenvalue weighted by Gasteiger charge is -2.43. The van der Waals surface area contributed by atoms with Gasteiger partial charge in [-0.15, -0.1) is 0 Å². The van der Waals surface area contributed by atoms with Crippen LogP contribution in [0.1, 0.15) is 18.9 Å². The van der Waals surface area contributed by atoms with E-state index in [1.165, 1.54) is 11.2 Å². The van der Waals surface area contributed by atoms with Crippen LogP contribution in [0.5, 0.6) is 5.75 Å². The number of hydrogen-bond donors (Lipinski definition) is 2. The van der Waals surface area contributed by atoms with Crippen LogP contribution in [0.25, 0.3) is 11.4 Å². The lowest BCUT2D eigenvalue weighted by molar-refractivity contribution is -0.138. The zero-order chi connectivity index (χ0) is 33.2. The van der Waals surface area contributed by atoms with Crippen LogP contribution in [-0.4, -0.2) is 120 Å². The summed E-state index contributed by atoms with van der Waals surface area (Å²) in [5.41, 5.74) is 2.76. The van der Waals surface area contributed by atoms with Crippen LogP contribution in [0.2, 0.25) is 0 Å². The van der Waals surface area contributed by atoms with Crippen molar-refractivity contribution in [1.82, 2.24) is 30.1 Å².